The summed E-state index contributed by atoms with van der Waals surface area (Å²) >= 11 is 1.33. The van der Waals surface area contributed by atoms with E-state index >= 15 is 0 Å². The molecule has 1 atom stereocenters. The van der Waals surface area contributed by atoms with Crippen LogP contribution in [0.3, 0.4) is 0 Å². The molecule has 8 heteroatoms. The minimum atomic E-state index is -0.479. The van der Waals surface area contributed by atoms with E-state index in [1.54, 1.807) is 19.2 Å². The maximum Gasteiger partial charge on any atom is 0.308 e. The van der Waals surface area contributed by atoms with Gasteiger partial charge in [-0.05, 0) is 19.4 Å². The molecule has 0 bridgehead atoms. The van der Waals surface area contributed by atoms with Gasteiger partial charge in [-0.2, -0.15) is 0 Å². The predicted molar refractivity (Wildman–Crippen MR) is 99.7 cm³/mol. The first-order valence-corrected chi connectivity index (χ1v) is 8.57. The average Bonchev–Trinajstić information content (AvgIpc) is 3.03. The number of nitrogens with one attached hydrogen (secondary N) is 1. The van der Waals surface area contributed by atoms with Crippen LogP contribution in [0, 0.1) is 0 Å². The van der Waals surface area contributed by atoms with Crippen molar-refractivity contribution in [1.82, 2.24) is 10.3 Å². The predicted octanol–water partition coefficient (Wildman–Crippen LogP) is 2.84. The summed E-state index contributed by atoms with van der Waals surface area (Å²) in [5.74, 6) is -0.697. The molecule has 0 aliphatic heterocycles. The molecule has 2 aromatic rings. The number of ether oxygens (including phenoxy) is 1. The zero-order valence-corrected chi connectivity index (χ0v) is 15.7. The van der Waals surface area contributed by atoms with E-state index in [0.29, 0.717) is 17.2 Å². The Balaban J connectivity index is 0.00000312. The summed E-state index contributed by atoms with van der Waals surface area (Å²) in [5, 5.41) is 5.20. The van der Waals surface area contributed by atoms with E-state index in [0.717, 1.165) is 5.56 Å². The monoisotopic (exact) mass is 383 g/mol. The zero-order valence-electron chi connectivity index (χ0n) is 14.1. The third-order valence-corrected chi connectivity index (χ3v) is 4.08. The fourth-order valence-corrected chi connectivity index (χ4v) is 2.81. The van der Waals surface area contributed by atoms with E-state index in [1.807, 2.05) is 30.3 Å². The molecule has 2 rings (SSSR count). The SMILES string of the molecule is CC(C)OC(=O)CC(NC(=O)c1csc(CN)n1)c1ccccc1.Cl. The van der Waals surface area contributed by atoms with Gasteiger partial charge in [0.1, 0.15) is 10.7 Å². The van der Waals surface area contributed by atoms with Crippen molar-refractivity contribution >= 4 is 35.6 Å². The molecule has 0 saturated carbocycles. The number of nitrogens with two attached hydrogens (primary N) is 1. The van der Waals surface area contributed by atoms with E-state index in [2.05, 4.69) is 10.3 Å². The van der Waals surface area contributed by atoms with Gasteiger partial charge in [-0.3, -0.25) is 9.59 Å². The summed E-state index contributed by atoms with van der Waals surface area (Å²) < 4.78 is 5.19. The molecule has 0 radical (unpaired) electrons. The second-order valence-electron chi connectivity index (χ2n) is 5.51. The highest BCUT2D eigenvalue weighted by molar-refractivity contribution is 7.09. The smallest absolute Gasteiger partial charge is 0.308 e. The normalized spacial score (nSPS) is 11.5. The third kappa shape index (κ3) is 6.45. The van der Waals surface area contributed by atoms with Crippen molar-refractivity contribution in [3.8, 4) is 0 Å². The number of benzene rings is 1. The number of aromatic nitrogens is 1. The molecule has 3 N–H and O–H groups in total. The summed E-state index contributed by atoms with van der Waals surface area (Å²) in [4.78, 5) is 28.6. The van der Waals surface area contributed by atoms with Crippen LogP contribution in [0.5, 0.6) is 0 Å². The summed E-state index contributed by atoms with van der Waals surface area (Å²) in [6.45, 7) is 3.87. The lowest BCUT2D eigenvalue weighted by Crippen LogP contribution is -2.31. The van der Waals surface area contributed by atoms with Gasteiger partial charge in [0.15, 0.2) is 0 Å². The molecule has 1 heterocycles. The first-order valence-electron chi connectivity index (χ1n) is 7.69. The van der Waals surface area contributed by atoms with Gasteiger partial charge in [0.25, 0.3) is 5.91 Å². The van der Waals surface area contributed by atoms with Gasteiger partial charge in [-0.25, -0.2) is 4.98 Å². The number of halogens is 1. The molecule has 0 fully saturated rings. The fraction of sp³-hybridized carbons (Fsp3) is 0.353. The molecule has 1 aromatic carbocycles. The van der Waals surface area contributed by atoms with Gasteiger partial charge >= 0.3 is 5.97 Å². The van der Waals surface area contributed by atoms with Gasteiger partial charge in [0.05, 0.1) is 18.6 Å². The molecule has 1 amide bonds. The van der Waals surface area contributed by atoms with Crippen LogP contribution < -0.4 is 11.1 Å². The van der Waals surface area contributed by atoms with Crippen molar-refractivity contribution in [1.29, 1.82) is 0 Å². The van der Waals surface area contributed by atoms with Gasteiger partial charge in [0, 0.05) is 11.9 Å². The van der Waals surface area contributed by atoms with E-state index < -0.39 is 6.04 Å². The van der Waals surface area contributed by atoms with Crippen LogP contribution in [0.4, 0.5) is 0 Å². The quantitative estimate of drug-likeness (QED) is 0.717. The van der Waals surface area contributed by atoms with Crippen LogP contribution in [0.1, 0.15) is 47.4 Å². The summed E-state index contributed by atoms with van der Waals surface area (Å²) in [7, 11) is 0. The highest BCUT2D eigenvalue weighted by Crippen LogP contribution is 2.19. The van der Waals surface area contributed by atoms with Crippen molar-refractivity contribution in [2.24, 2.45) is 5.73 Å². The Morgan fingerprint density at radius 2 is 1.96 bits per heavy atom. The Hall–Kier alpha value is -1.96. The van der Waals surface area contributed by atoms with Crippen molar-refractivity contribution < 1.29 is 14.3 Å². The maximum atomic E-state index is 12.4. The first-order chi connectivity index (χ1) is 11.5. The van der Waals surface area contributed by atoms with Gasteiger partial charge in [0.2, 0.25) is 0 Å². The lowest BCUT2D eigenvalue weighted by Gasteiger charge is -2.19. The molecule has 0 saturated heterocycles. The van der Waals surface area contributed by atoms with E-state index in [-0.39, 0.29) is 36.8 Å². The van der Waals surface area contributed by atoms with Crippen LogP contribution in [-0.2, 0) is 16.1 Å². The van der Waals surface area contributed by atoms with Gasteiger partial charge < -0.3 is 15.8 Å². The van der Waals surface area contributed by atoms with Crippen molar-refractivity contribution in [3.63, 3.8) is 0 Å². The van der Waals surface area contributed by atoms with Gasteiger partial charge in [-0.15, -0.1) is 23.7 Å². The highest BCUT2D eigenvalue weighted by atomic mass is 35.5. The Morgan fingerprint density at radius 3 is 2.52 bits per heavy atom. The Morgan fingerprint density at radius 1 is 1.28 bits per heavy atom. The number of thiazole rings is 1. The number of hydrogen-bond acceptors (Lipinski definition) is 6. The van der Waals surface area contributed by atoms with Crippen LogP contribution in [-0.4, -0.2) is 23.0 Å². The number of nitrogens with zero attached hydrogens (tertiary/aromatic N) is 1. The molecule has 0 spiro atoms. The van der Waals surface area contributed by atoms with E-state index in [1.165, 1.54) is 11.3 Å². The second-order valence-corrected chi connectivity index (χ2v) is 6.45. The minimum Gasteiger partial charge on any atom is -0.463 e. The molecule has 1 unspecified atom stereocenters. The second kappa shape index (κ2) is 10.1. The molecular weight excluding hydrogens is 362 g/mol. The average molecular weight is 384 g/mol. The molecule has 25 heavy (non-hydrogen) atoms. The van der Waals surface area contributed by atoms with Crippen molar-refractivity contribution in [2.75, 3.05) is 0 Å². The van der Waals surface area contributed by atoms with Crippen LogP contribution in [0.15, 0.2) is 35.7 Å². The topological polar surface area (TPSA) is 94.3 Å². The molecule has 0 aliphatic carbocycles. The molecule has 0 aliphatic rings. The standard InChI is InChI=1S/C17H21N3O3S.ClH/c1-11(2)23-16(21)8-13(12-6-4-3-5-7-12)20-17(22)14-10-24-15(9-18)19-14;/h3-7,10-11,13H,8-9,18H2,1-2H3,(H,20,22);1H. The minimum absolute atomic E-state index is 0. The molecular formula is C17H22ClN3O3S. The van der Waals surface area contributed by atoms with Crippen molar-refractivity contribution in [3.05, 3.63) is 52.0 Å². The number of amides is 1. The molecule has 1 aromatic heterocycles. The summed E-state index contributed by atoms with van der Waals surface area (Å²) in [5.41, 5.74) is 6.66. The largest absolute Gasteiger partial charge is 0.463 e. The number of carbonyl (C=O) groups excluding carboxylic acids is 2. The number of rotatable bonds is 7. The third-order valence-electron chi connectivity index (χ3n) is 3.20. The van der Waals surface area contributed by atoms with E-state index in [9.17, 15) is 9.59 Å². The van der Waals surface area contributed by atoms with Crippen LogP contribution >= 0.6 is 23.7 Å². The summed E-state index contributed by atoms with van der Waals surface area (Å²) in [6.07, 6.45) is -0.141. The maximum absolute atomic E-state index is 12.4. The number of esters is 1. The van der Waals surface area contributed by atoms with Gasteiger partial charge in [-0.1, -0.05) is 30.3 Å². The van der Waals surface area contributed by atoms with Crippen LogP contribution in [0.25, 0.3) is 0 Å². The molecule has 6 nitrogen and oxygen atoms in total. The zero-order chi connectivity index (χ0) is 17.5. The lowest BCUT2D eigenvalue weighted by molar-refractivity contribution is -0.147. The fourth-order valence-electron chi connectivity index (χ4n) is 2.16. The first kappa shape index (κ1) is 21.1. The number of hydrogen-bond donors (Lipinski definition) is 2. The summed E-state index contributed by atoms with van der Waals surface area (Å²) in [6, 6.07) is 8.84. The van der Waals surface area contributed by atoms with E-state index in [4.69, 9.17) is 10.5 Å². The highest BCUT2D eigenvalue weighted by Gasteiger charge is 2.21. The number of carbonyl (C=O) groups is 2. The Kier molecular flexibility index (Phi) is 8.54. The van der Waals surface area contributed by atoms with Crippen molar-refractivity contribution in [2.45, 2.75) is 39.0 Å². The molecule has 136 valence electrons. The lowest BCUT2D eigenvalue weighted by atomic mass is 10.0. The Labute approximate surface area is 157 Å². The van der Waals surface area contributed by atoms with Crippen LogP contribution in [0.2, 0.25) is 0 Å². The Bertz CT molecular complexity index is 691.